The Labute approximate surface area is 112 Å². The first kappa shape index (κ1) is 12.7. The number of carbonyl (C=O) groups is 1. The lowest BCUT2D eigenvalue weighted by Crippen LogP contribution is -2.13. The number of nitrogens with one attached hydrogen (secondary N) is 1. The molecule has 0 saturated heterocycles. The fourth-order valence-electron chi connectivity index (χ4n) is 1.61. The van der Waals surface area contributed by atoms with E-state index in [0.717, 1.165) is 11.3 Å². The Morgan fingerprint density at radius 3 is 2.56 bits per heavy atom. The number of ketones is 1. The van der Waals surface area contributed by atoms with Crippen molar-refractivity contribution in [3.8, 4) is 0 Å². The van der Waals surface area contributed by atoms with Gasteiger partial charge in [-0.1, -0.05) is 41.9 Å². The molecule has 0 radical (unpaired) electrons. The average molecular weight is 260 g/mol. The summed E-state index contributed by atoms with van der Waals surface area (Å²) >= 11 is 6.00. The first-order valence-corrected chi connectivity index (χ1v) is 6.13. The maximum Gasteiger partial charge on any atom is 0.181 e. The van der Waals surface area contributed by atoms with Gasteiger partial charge in [-0.2, -0.15) is 0 Å². The zero-order chi connectivity index (χ0) is 13.0. The maximum absolute atomic E-state index is 12.0. The molecule has 2 rings (SSSR count). The zero-order valence-electron chi connectivity index (χ0n) is 10.1. The molecule has 92 valence electrons. The predicted molar refractivity (Wildman–Crippen MR) is 75.5 cm³/mol. The molecule has 3 heteroatoms. The lowest BCUT2D eigenvalue weighted by molar-refractivity contribution is 0.101. The highest BCUT2D eigenvalue weighted by Gasteiger charge is 2.07. The fourth-order valence-corrected chi connectivity index (χ4v) is 1.79. The van der Waals surface area contributed by atoms with Crippen LogP contribution in [0.1, 0.15) is 15.9 Å². The number of para-hydroxylation sites is 1. The number of carbonyl (C=O) groups excluding carboxylic acids is 1. The molecular formula is C15H14ClNO. The molecule has 0 aliphatic rings. The number of aryl methyl sites for hydroxylation is 1. The van der Waals surface area contributed by atoms with Crippen molar-refractivity contribution in [3.63, 3.8) is 0 Å². The number of benzene rings is 2. The van der Waals surface area contributed by atoms with Crippen LogP contribution in [0.3, 0.4) is 0 Å². The van der Waals surface area contributed by atoms with Gasteiger partial charge >= 0.3 is 0 Å². The molecule has 0 amide bonds. The van der Waals surface area contributed by atoms with Crippen molar-refractivity contribution >= 4 is 23.1 Å². The van der Waals surface area contributed by atoms with Crippen molar-refractivity contribution in [1.82, 2.24) is 0 Å². The number of hydrogen-bond acceptors (Lipinski definition) is 2. The van der Waals surface area contributed by atoms with Gasteiger partial charge in [0.15, 0.2) is 5.78 Å². The molecule has 0 heterocycles. The Morgan fingerprint density at radius 2 is 1.89 bits per heavy atom. The van der Waals surface area contributed by atoms with Gasteiger partial charge in [-0.25, -0.2) is 0 Å². The van der Waals surface area contributed by atoms with E-state index >= 15 is 0 Å². The molecule has 18 heavy (non-hydrogen) atoms. The average Bonchev–Trinajstić information content (AvgIpc) is 2.40. The largest absolute Gasteiger partial charge is 0.378 e. The number of halogens is 1. The molecule has 0 aliphatic carbocycles. The van der Waals surface area contributed by atoms with Gasteiger partial charge in [-0.15, -0.1) is 0 Å². The Morgan fingerprint density at radius 1 is 1.17 bits per heavy atom. The number of Topliss-reactive ketones (excluding diaryl/α,β-unsaturated/α-hetero) is 1. The van der Waals surface area contributed by atoms with Crippen LogP contribution < -0.4 is 5.32 Å². The molecule has 2 nitrogen and oxygen atoms in total. The molecule has 1 N–H and O–H groups in total. The molecular weight excluding hydrogens is 246 g/mol. The summed E-state index contributed by atoms with van der Waals surface area (Å²) in [6.07, 6.45) is 0. The van der Waals surface area contributed by atoms with Crippen LogP contribution >= 0.6 is 11.6 Å². The third kappa shape index (κ3) is 3.11. The third-order valence-electron chi connectivity index (χ3n) is 2.72. The molecule has 2 aromatic rings. The molecule has 2 aromatic carbocycles. The number of hydrogen-bond donors (Lipinski definition) is 1. The second-order valence-corrected chi connectivity index (χ2v) is 4.51. The van der Waals surface area contributed by atoms with Crippen molar-refractivity contribution < 1.29 is 4.79 Å². The van der Waals surface area contributed by atoms with E-state index in [-0.39, 0.29) is 12.3 Å². The van der Waals surface area contributed by atoms with E-state index in [2.05, 4.69) is 5.32 Å². The molecule has 0 fully saturated rings. The smallest absolute Gasteiger partial charge is 0.181 e. The standard InChI is InChI=1S/C15H14ClNO/c1-11-7-8-12(9-14(11)16)15(18)10-17-13-5-3-2-4-6-13/h2-9,17H,10H2,1H3. The summed E-state index contributed by atoms with van der Waals surface area (Å²) in [6.45, 7) is 2.18. The molecule has 0 atom stereocenters. The van der Waals surface area contributed by atoms with E-state index < -0.39 is 0 Å². The second kappa shape index (κ2) is 5.69. The monoisotopic (exact) mass is 259 g/mol. The minimum Gasteiger partial charge on any atom is -0.378 e. The van der Waals surface area contributed by atoms with Gasteiger partial charge in [-0.3, -0.25) is 4.79 Å². The second-order valence-electron chi connectivity index (χ2n) is 4.11. The number of rotatable bonds is 4. The van der Waals surface area contributed by atoms with Crippen molar-refractivity contribution in [3.05, 3.63) is 64.7 Å². The van der Waals surface area contributed by atoms with E-state index in [9.17, 15) is 4.79 Å². The summed E-state index contributed by atoms with van der Waals surface area (Å²) in [6, 6.07) is 15.0. The van der Waals surface area contributed by atoms with Crippen LogP contribution in [0.4, 0.5) is 5.69 Å². The van der Waals surface area contributed by atoms with Gasteiger partial charge in [0.2, 0.25) is 0 Å². The molecule has 0 unspecified atom stereocenters. The number of anilines is 1. The van der Waals surface area contributed by atoms with Crippen LogP contribution in [-0.2, 0) is 0 Å². The molecule has 0 spiro atoms. The highest BCUT2D eigenvalue weighted by atomic mass is 35.5. The topological polar surface area (TPSA) is 29.1 Å². The highest BCUT2D eigenvalue weighted by molar-refractivity contribution is 6.31. The van der Waals surface area contributed by atoms with Crippen LogP contribution in [-0.4, -0.2) is 12.3 Å². The van der Waals surface area contributed by atoms with E-state index in [0.29, 0.717) is 10.6 Å². The van der Waals surface area contributed by atoms with E-state index in [1.54, 1.807) is 12.1 Å². The maximum atomic E-state index is 12.0. The Kier molecular flexibility index (Phi) is 4.00. The van der Waals surface area contributed by atoms with E-state index in [4.69, 9.17) is 11.6 Å². The van der Waals surface area contributed by atoms with Crippen LogP contribution in [0.25, 0.3) is 0 Å². The zero-order valence-corrected chi connectivity index (χ0v) is 10.9. The third-order valence-corrected chi connectivity index (χ3v) is 3.13. The SMILES string of the molecule is Cc1ccc(C(=O)CNc2ccccc2)cc1Cl. The Hall–Kier alpha value is -1.80. The van der Waals surface area contributed by atoms with E-state index in [1.165, 1.54) is 0 Å². The van der Waals surface area contributed by atoms with Gasteiger partial charge in [0.25, 0.3) is 0 Å². The van der Waals surface area contributed by atoms with Gasteiger partial charge < -0.3 is 5.32 Å². The first-order chi connectivity index (χ1) is 8.66. The van der Waals surface area contributed by atoms with Crippen LogP contribution in [0.15, 0.2) is 48.5 Å². The molecule has 0 aromatic heterocycles. The minimum atomic E-state index is 0.0285. The van der Waals surface area contributed by atoms with Crippen LogP contribution in [0.2, 0.25) is 5.02 Å². The first-order valence-electron chi connectivity index (χ1n) is 5.75. The van der Waals surface area contributed by atoms with Crippen molar-refractivity contribution in [2.24, 2.45) is 0 Å². The Balaban J connectivity index is 2.02. The van der Waals surface area contributed by atoms with Gasteiger partial charge in [0, 0.05) is 16.3 Å². The summed E-state index contributed by atoms with van der Waals surface area (Å²) in [5, 5.41) is 3.71. The molecule has 0 saturated carbocycles. The molecule has 0 bridgehead atoms. The molecule has 0 aliphatic heterocycles. The Bertz CT molecular complexity index is 552. The summed E-state index contributed by atoms with van der Waals surface area (Å²) < 4.78 is 0. The van der Waals surface area contributed by atoms with E-state index in [1.807, 2.05) is 43.3 Å². The summed E-state index contributed by atoms with van der Waals surface area (Å²) in [5.41, 5.74) is 2.54. The minimum absolute atomic E-state index is 0.0285. The lowest BCUT2D eigenvalue weighted by atomic mass is 10.1. The van der Waals surface area contributed by atoms with Gasteiger partial charge in [-0.05, 0) is 30.7 Å². The van der Waals surface area contributed by atoms with Crippen LogP contribution in [0, 0.1) is 6.92 Å². The van der Waals surface area contributed by atoms with Crippen LogP contribution in [0.5, 0.6) is 0 Å². The summed E-state index contributed by atoms with van der Waals surface area (Å²) in [4.78, 5) is 12.0. The lowest BCUT2D eigenvalue weighted by Gasteiger charge is -2.06. The summed E-state index contributed by atoms with van der Waals surface area (Å²) in [5.74, 6) is 0.0285. The van der Waals surface area contributed by atoms with Crippen molar-refractivity contribution in [1.29, 1.82) is 0 Å². The predicted octanol–water partition coefficient (Wildman–Crippen LogP) is 3.94. The highest BCUT2D eigenvalue weighted by Crippen LogP contribution is 2.17. The van der Waals surface area contributed by atoms with Crippen molar-refractivity contribution in [2.75, 3.05) is 11.9 Å². The normalized spacial score (nSPS) is 10.1. The van der Waals surface area contributed by atoms with Gasteiger partial charge in [0.1, 0.15) is 0 Å². The fraction of sp³-hybridized carbons (Fsp3) is 0.133. The quantitative estimate of drug-likeness (QED) is 0.843. The van der Waals surface area contributed by atoms with Crippen molar-refractivity contribution in [2.45, 2.75) is 6.92 Å². The van der Waals surface area contributed by atoms with Gasteiger partial charge in [0.05, 0.1) is 6.54 Å². The summed E-state index contributed by atoms with van der Waals surface area (Å²) in [7, 11) is 0.